The Hall–Kier alpha value is -3.52. The third kappa shape index (κ3) is 4.80. The van der Waals surface area contributed by atoms with E-state index in [2.05, 4.69) is 10.3 Å². The summed E-state index contributed by atoms with van der Waals surface area (Å²) < 4.78 is 18.6. The topological polar surface area (TPSA) is 94.4 Å². The average molecular weight is 402 g/mol. The Kier molecular flexibility index (Phi) is 5.81. The maximum absolute atomic E-state index is 13.2. The molecule has 0 aliphatic rings. The molecule has 0 aliphatic carbocycles. The second-order valence-corrected chi connectivity index (χ2v) is 6.08. The molecule has 0 unspecified atom stereocenters. The van der Waals surface area contributed by atoms with E-state index in [9.17, 15) is 19.3 Å². The molecule has 0 atom stereocenters. The second kappa shape index (κ2) is 8.45. The van der Waals surface area contributed by atoms with E-state index in [1.54, 1.807) is 18.2 Å². The summed E-state index contributed by atoms with van der Waals surface area (Å²) >= 11 is 5.94. The number of amides is 1. The molecule has 0 radical (unpaired) electrons. The van der Waals surface area contributed by atoms with Crippen molar-refractivity contribution in [3.8, 4) is 11.6 Å². The molecule has 1 heterocycles. The van der Waals surface area contributed by atoms with Crippen LogP contribution in [0.2, 0.25) is 5.02 Å². The van der Waals surface area contributed by atoms with E-state index in [4.69, 9.17) is 16.3 Å². The van der Waals surface area contributed by atoms with E-state index in [0.29, 0.717) is 11.3 Å². The maximum atomic E-state index is 13.2. The zero-order valence-corrected chi connectivity index (χ0v) is 15.0. The zero-order valence-electron chi connectivity index (χ0n) is 14.3. The number of non-ortho nitro benzene ring substituents is 1. The summed E-state index contributed by atoms with van der Waals surface area (Å²) in [5.41, 5.74) is 0.629. The summed E-state index contributed by atoms with van der Waals surface area (Å²) in [5.74, 6) is -0.290. The Morgan fingerprint density at radius 2 is 2.04 bits per heavy atom. The first-order valence-electron chi connectivity index (χ1n) is 8.03. The number of nitrogens with one attached hydrogen (secondary N) is 1. The Balaban J connectivity index is 1.60. The molecule has 3 rings (SSSR count). The highest BCUT2D eigenvalue weighted by Gasteiger charge is 2.14. The lowest BCUT2D eigenvalue weighted by Gasteiger charge is -2.08. The number of rotatable bonds is 6. The number of halogens is 2. The quantitative estimate of drug-likeness (QED) is 0.484. The number of nitrogens with zero attached hydrogens (tertiary/aromatic N) is 2. The van der Waals surface area contributed by atoms with Crippen LogP contribution >= 0.6 is 11.6 Å². The number of pyridine rings is 1. The Morgan fingerprint density at radius 3 is 2.68 bits per heavy atom. The van der Waals surface area contributed by atoms with E-state index in [-0.39, 0.29) is 28.7 Å². The van der Waals surface area contributed by atoms with Crippen molar-refractivity contribution < 1.29 is 18.8 Å². The van der Waals surface area contributed by atoms with Gasteiger partial charge in [-0.15, -0.1) is 0 Å². The van der Waals surface area contributed by atoms with Crippen LogP contribution in [0.25, 0.3) is 0 Å². The fourth-order valence-corrected chi connectivity index (χ4v) is 2.57. The van der Waals surface area contributed by atoms with Crippen LogP contribution in [-0.4, -0.2) is 15.8 Å². The number of carbonyl (C=O) groups is 1. The van der Waals surface area contributed by atoms with Crippen molar-refractivity contribution in [1.82, 2.24) is 10.3 Å². The number of ether oxygens (including phenoxy) is 1. The first-order chi connectivity index (χ1) is 13.4. The van der Waals surface area contributed by atoms with E-state index >= 15 is 0 Å². The van der Waals surface area contributed by atoms with Crippen LogP contribution in [-0.2, 0) is 6.54 Å². The first-order valence-corrected chi connectivity index (χ1v) is 8.40. The molecule has 142 valence electrons. The second-order valence-electron chi connectivity index (χ2n) is 5.67. The number of aromatic nitrogens is 1. The minimum Gasteiger partial charge on any atom is -0.439 e. The number of benzene rings is 2. The summed E-state index contributed by atoms with van der Waals surface area (Å²) in [5, 5.41) is 13.4. The van der Waals surface area contributed by atoms with Gasteiger partial charge in [0.25, 0.3) is 11.6 Å². The number of nitro groups is 1. The highest BCUT2D eigenvalue weighted by Crippen LogP contribution is 2.23. The Labute approximate surface area is 163 Å². The van der Waals surface area contributed by atoms with Gasteiger partial charge in [0.2, 0.25) is 5.88 Å². The highest BCUT2D eigenvalue weighted by atomic mass is 35.5. The third-order valence-corrected chi connectivity index (χ3v) is 3.99. The molecule has 9 heteroatoms. The Morgan fingerprint density at radius 1 is 1.21 bits per heavy atom. The monoisotopic (exact) mass is 401 g/mol. The predicted molar refractivity (Wildman–Crippen MR) is 100.0 cm³/mol. The largest absolute Gasteiger partial charge is 0.439 e. The van der Waals surface area contributed by atoms with Gasteiger partial charge in [-0.25, -0.2) is 9.37 Å². The van der Waals surface area contributed by atoms with Gasteiger partial charge in [-0.05, 0) is 23.8 Å². The van der Waals surface area contributed by atoms with Crippen molar-refractivity contribution in [1.29, 1.82) is 0 Å². The molecule has 0 fully saturated rings. The van der Waals surface area contributed by atoms with Crippen LogP contribution in [0.5, 0.6) is 11.6 Å². The molecule has 0 saturated carbocycles. The maximum Gasteiger partial charge on any atom is 0.270 e. The molecule has 0 saturated heterocycles. The molecule has 1 amide bonds. The van der Waals surface area contributed by atoms with Crippen molar-refractivity contribution in [3.63, 3.8) is 0 Å². The summed E-state index contributed by atoms with van der Waals surface area (Å²) in [6.45, 7) is 0.166. The van der Waals surface area contributed by atoms with Crippen LogP contribution in [0.1, 0.15) is 15.9 Å². The summed E-state index contributed by atoms with van der Waals surface area (Å²) in [6.07, 6.45) is 1.51. The van der Waals surface area contributed by atoms with E-state index in [1.165, 1.54) is 36.5 Å². The normalized spacial score (nSPS) is 10.4. The lowest BCUT2D eigenvalue weighted by Crippen LogP contribution is -2.23. The Bertz CT molecular complexity index is 1030. The van der Waals surface area contributed by atoms with Crippen LogP contribution in [0, 0.1) is 15.9 Å². The van der Waals surface area contributed by atoms with Gasteiger partial charge in [-0.2, -0.15) is 0 Å². The molecular formula is C19H13ClFN3O4. The van der Waals surface area contributed by atoms with Crippen LogP contribution < -0.4 is 10.1 Å². The smallest absolute Gasteiger partial charge is 0.270 e. The first kappa shape index (κ1) is 19.2. The van der Waals surface area contributed by atoms with Gasteiger partial charge in [-0.1, -0.05) is 23.7 Å². The number of hydrogen-bond acceptors (Lipinski definition) is 5. The van der Waals surface area contributed by atoms with E-state index in [0.717, 1.165) is 6.07 Å². The molecule has 0 spiro atoms. The molecule has 0 aliphatic heterocycles. The van der Waals surface area contributed by atoms with Gasteiger partial charge < -0.3 is 10.1 Å². The minimum absolute atomic E-state index is 0.0105. The van der Waals surface area contributed by atoms with Gasteiger partial charge in [0.1, 0.15) is 11.6 Å². The SMILES string of the molecule is O=C(NCc1ccc(Oc2cccc(F)c2)nc1)c1ccc([N+](=O)[O-])cc1Cl. The molecule has 28 heavy (non-hydrogen) atoms. The van der Waals surface area contributed by atoms with Crippen molar-refractivity contribution in [2.24, 2.45) is 0 Å². The fourth-order valence-electron chi connectivity index (χ4n) is 2.31. The molecular weight excluding hydrogens is 389 g/mol. The third-order valence-electron chi connectivity index (χ3n) is 3.68. The van der Waals surface area contributed by atoms with Crippen molar-refractivity contribution in [2.75, 3.05) is 0 Å². The van der Waals surface area contributed by atoms with Gasteiger partial charge in [-0.3, -0.25) is 14.9 Å². The lowest BCUT2D eigenvalue weighted by molar-refractivity contribution is -0.384. The van der Waals surface area contributed by atoms with Crippen molar-refractivity contribution in [2.45, 2.75) is 6.54 Å². The van der Waals surface area contributed by atoms with Gasteiger partial charge in [0, 0.05) is 37.0 Å². The lowest BCUT2D eigenvalue weighted by atomic mass is 10.2. The van der Waals surface area contributed by atoms with Gasteiger partial charge in [0.05, 0.1) is 15.5 Å². The van der Waals surface area contributed by atoms with E-state index < -0.39 is 16.6 Å². The van der Waals surface area contributed by atoms with Crippen LogP contribution in [0.15, 0.2) is 60.8 Å². The number of nitro benzene ring substituents is 1. The summed E-state index contributed by atoms with van der Waals surface area (Å²) in [4.78, 5) is 26.4. The highest BCUT2D eigenvalue weighted by molar-refractivity contribution is 6.34. The minimum atomic E-state index is -0.591. The van der Waals surface area contributed by atoms with Crippen LogP contribution in [0.4, 0.5) is 10.1 Å². The average Bonchev–Trinajstić information content (AvgIpc) is 2.67. The molecule has 3 aromatic rings. The van der Waals surface area contributed by atoms with Gasteiger partial charge in [0.15, 0.2) is 0 Å². The molecule has 1 aromatic heterocycles. The predicted octanol–water partition coefficient (Wildman–Crippen LogP) is 4.50. The molecule has 1 N–H and O–H groups in total. The van der Waals surface area contributed by atoms with Crippen LogP contribution in [0.3, 0.4) is 0 Å². The standard InChI is InChI=1S/C19H13ClFN3O4/c20-17-9-14(24(26)27)5-6-16(17)19(25)23-11-12-4-7-18(22-10-12)28-15-3-1-2-13(21)8-15/h1-10H,11H2,(H,23,25). The zero-order chi connectivity index (χ0) is 20.1. The molecule has 2 aromatic carbocycles. The van der Waals surface area contributed by atoms with Crippen molar-refractivity contribution >= 4 is 23.2 Å². The summed E-state index contributed by atoms with van der Waals surface area (Å²) in [7, 11) is 0. The van der Waals surface area contributed by atoms with Gasteiger partial charge >= 0.3 is 0 Å². The molecule has 0 bridgehead atoms. The number of hydrogen-bond donors (Lipinski definition) is 1. The number of carbonyl (C=O) groups excluding carboxylic acids is 1. The molecule has 7 nitrogen and oxygen atoms in total. The fraction of sp³-hybridized carbons (Fsp3) is 0.0526. The summed E-state index contributed by atoms with van der Waals surface area (Å²) in [6, 6.07) is 12.6. The van der Waals surface area contributed by atoms with Crippen molar-refractivity contribution in [3.05, 3.63) is 92.9 Å². The van der Waals surface area contributed by atoms with E-state index in [1.807, 2.05) is 0 Å².